The van der Waals surface area contributed by atoms with Gasteiger partial charge in [0.15, 0.2) is 0 Å². The van der Waals surface area contributed by atoms with Crippen LogP contribution in [0.15, 0.2) is 66.7 Å². The predicted octanol–water partition coefficient (Wildman–Crippen LogP) is 3.58. The monoisotopic (exact) mass is 444 g/mol. The Morgan fingerprint density at radius 3 is 2.36 bits per heavy atom. The van der Waals surface area contributed by atoms with E-state index in [2.05, 4.69) is 52.8 Å². The Morgan fingerprint density at radius 1 is 0.909 bits per heavy atom. The van der Waals surface area contributed by atoms with Crippen molar-refractivity contribution in [2.24, 2.45) is 0 Å². The highest BCUT2D eigenvalue weighted by Gasteiger charge is 2.23. The molecule has 1 aliphatic heterocycles. The maximum absolute atomic E-state index is 12.8. The van der Waals surface area contributed by atoms with Gasteiger partial charge in [0, 0.05) is 37.9 Å². The summed E-state index contributed by atoms with van der Waals surface area (Å²) in [5.41, 5.74) is 3.17. The highest BCUT2D eigenvalue weighted by atomic mass is 16.2. The summed E-state index contributed by atoms with van der Waals surface area (Å²) in [6.07, 6.45) is 0. The zero-order valence-electron chi connectivity index (χ0n) is 19.4. The van der Waals surface area contributed by atoms with Crippen molar-refractivity contribution in [3.8, 4) is 0 Å². The lowest BCUT2D eigenvalue weighted by Gasteiger charge is -2.34. The number of nitrogens with one attached hydrogen (secondary N) is 2. The number of carbonyl (C=O) groups excluding carboxylic acids is 2. The van der Waals surface area contributed by atoms with Crippen LogP contribution in [0.4, 0.5) is 5.69 Å². The minimum Gasteiger partial charge on any atom is -0.339 e. The number of nitrogens with zero attached hydrogens (tertiary/aromatic N) is 2. The lowest BCUT2D eigenvalue weighted by atomic mass is 10.00. The summed E-state index contributed by atoms with van der Waals surface area (Å²) in [6, 6.07) is 22.5. The quantitative estimate of drug-likeness (QED) is 0.585. The van der Waals surface area contributed by atoms with Gasteiger partial charge in [-0.2, -0.15) is 0 Å². The van der Waals surface area contributed by atoms with E-state index in [-0.39, 0.29) is 17.9 Å². The molecule has 1 saturated heterocycles. The topological polar surface area (TPSA) is 64.7 Å². The van der Waals surface area contributed by atoms with Crippen molar-refractivity contribution in [3.63, 3.8) is 0 Å². The Hall–Kier alpha value is -3.22. The van der Waals surface area contributed by atoms with Crippen molar-refractivity contribution in [2.75, 3.05) is 44.6 Å². The molecule has 1 fully saturated rings. The van der Waals surface area contributed by atoms with Gasteiger partial charge in [0.2, 0.25) is 11.8 Å². The van der Waals surface area contributed by atoms with E-state index in [4.69, 9.17) is 0 Å². The number of aryl methyl sites for hydroxylation is 1. The Kier molecular flexibility index (Phi) is 7.37. The summed E-state index contributed by atoms with van der Waals surface area (Å²) in [5, 5.41) is 8.75. The molecule has 0 spiro atoms. The molecule has 3 aromatic carbocycles. The molecule has 6 nitrogen and oxygen atoms in total. The summed E-state index contributed by atoms with van der Waals surface area (Å²) in [4.78, 5) is 29.1. The smallest absolute Gasteiger partial charge is 0.238 e. The van der Waals surface area contributed by atoms with Crippen LogP contribution >= 0.6 is 0 Å². The number of anilines is 1. The number of rotatable bonds is 7. The van der Waals surface area contributed by atoms with Crippen LogP contribution in [0, 0.1) is 6.92 Å². The van der Waals surface area contributed by atoms with Gasteiger partial charge in [0.25, 0.3) is 0 Å². The van der Waals surface area contributed by atoms with Crippen LogP contribution in [0.1, 0.15) is 24.1 Å². The maximum atomic E-state index is 12.8. The van der Waals surface area contributed by atoms with E-state index in [1.165, 1.54) is 16.3 Å². The number of carbonyl (C=O) groups is 2. The van der Waals surface area contributed by atoms with Gasteiger partial charge < -0.3 is 15.5 Å². The molecule has 2 amide bonds. The molecule has 33 heavy (non-hydrogen) atoms. The fourth-order valence-electron chi connectivity index (χ4n) is 4.29. The lowest BCUT2D eigenvalue weighted by Crippen LogP contribution is -2.52. The Bertz CT molecular complexity index is 1100. The zero-order chi connectivity index (χ0) is 23.2. The van der Waals surface area contributed by atoms with E-state index in [0.717, 1.165) is 11.3 Å². The molecule has 0 aliphatic carbocycles. The molecule has 1 aliphatic rings. The fourth-order valence-corrected chi connectivity index (χ4v) is 4.29. The van der Waals surface area contributed by atoms with Crippen molar-refractivity contribution in [3.05, 3.63) is 77.9 Å². The third-order valence-corrected chi connectivity index (χ3v) is 6.28. The van der Waals surface area contributed by atoms with Gasteiger partial charge in [-0.05, 0) is 42.3 Å². The molecule has 1 atom stereocenters. The number of hydrogen-bond donors (Lipinski definition) is 2. The summed E-state index contributed by atoms with van der Waals surface area (Å²) in [7, 11) is 0. The van der Waals surface area contributed by atoms with E-state index < -0.39 is 0 Å². The minimum absolute atomic E-state index is 0.0239. The van der Waals surface area contributed by atoms with Crippen molar-refractivity contribution in [1.29, 1.82) is 0 Å². The van der Waals surface area contributed by atoms with E-state index in [1.54, 1.807) is 0 Å². The fraction of sp³-hybridized carbons (Fsp3) is 0.333. The molecule has 4 rings (SSSR count). The highest BCUT2D eigenvalue weighted by Crippen LogP contribution is 2.24. The van der Waals surface area contributed by atoms with Gasteiger partial charge in [-0.3, -0.25) is 14.5 Å². The van der Waals surface area contributed by atoms with Crippen LogP contribution in [0.3, 0.4) is 0 Å². The Balaban J connectivity index is 1.22. The standard InChI is InChI=1S/C27H32N4O2/c1-20-10-12-23(13-11-20)29-26(32)19-30-14-16-31(17-15-30)27(33)18-28-21(2)24-9-5-7-22-6-3-4-8-25(22)24/h3-13,21,28H,14-19H2,1-2H3,(H,29,32)/t21-/m0/s1. The largest absolute Gasteiger partial charge is 0.339 e. The van der Waals surface area contributed by atoms with Gasteiger partial charge in [-0.25, -0.2) is 0 Å². The molecule has 3 aromatic rings. The van der Waals surface area contributed by atoms with Gasteiger partial charge in [-0.15, -0.1) is 0 Å². The van der Waals surface area contributed by atoms with Crippen molar-refractivity contribution < 1.29 is 9.59 Å². The third kappa shape index (κ3) is 5.97. The first-order chi connectivity index (χ1) is 16.0. The molecule has 0 bridgehead atoms. The van der Waals surface area contributed by atoms with Gasteiger partial charge >= 0.3 is 0 Å². The number of piperazine rings is 1. The van der Waals surface area contributed by atoms with Crippen LogP contribution in [0.5, 0.6) is 0 Å². The first kappa shape index (κ1) is 23.0. The van der Waals surface area contributed by atoms with Gasteiger partial charge in [-0.1, -0.05) is 60.2 Å². The predicted molar refractivity (Wildman–Crippen MR) is 133 cm³/mol. The molecule has 2 N–H and O–H groups in total. The molecular formula is C27H32N4O2. The summed E-state index contributed by atoms with van der Waals surface area (Å²) in [5.74, 6) is 0.0788. The maximum Gasteiger partial charge on any atom is 0.238 e. The Labute approximate surface area is 195 Å². The van der Waals surface area contributed by atoms with Crippen LogP contribution < -0.4 is 10.6 Å². The van der Waals surface area contributed by atoms with Crippen molar-refractivity contribution >= 4 is 28.3 Å². The van der Waals surface area contributed by atoms with Gasteiger partial charge in [0.05, 0.1) is 13.1 Å². The third-order valence-electron chi connectivity index (χ3n) is 6.28. The molecule has 0 unspecified atom stereocenters. The molecular weight excluding hydrogens is 412 g/mol. The van der Waals surface area contributed by atoms with Crippen LogP contribution in [0.2, 0.25) is 0 Å². The van der Waals surface area contributed by atoms with Crippen LogP contribution in [0.25, 0.3) is 10.8 Å². The molecule has 0 saturated carbocycles. The number of fused-ring (bicyclic) bond motifs is 1. The Morgan fingerprint density at radius 2 is 1.61 bits per heavy atom. The molecule has 172 valence electrons. The van der Waals surface area contributed by atoms with Gasteiger partial charge in [0.1, 0.15) is 0 Å². The second-order valence-corrected chi connectivity index (χ2v) is 8.74. The molecule has 0 radical (unpaired) electrons. The summed E-state index contributed by atoms with van der Waals surface area (Å²) in [6.45, 7) is 7.44. The van der Waals surface area contributed by atoms with E-state index in [9.17, 15) is 9.59 Å². The average molecular weight is 445 g/mol. The van der Waals surface area contributed by atoms with Crippen molar-refractivity contribution in [2.45, 2.75) is 19.9 Å². The average Bonchev–Trinajstić information content (AvgIpc) is 2.84. The second-order valence-electron chi connectivity index (χ2n) is 8.74. The zero-order valence-corrected chi connectivity index (χ0v) is 19.4. The normalized spacial score (nSPS) is 15.4. The number of hydrogen-bond acceptors (Lipinski definition) is 4. The minimum atomic E-state index is -0.0239. The number of amides is 2. The van der Waals surface area contributed by atoms with Crippen LogP contribution in [-0.4, -0.2) is 60.9 Å². The number of benzene rings is 3. The molecule has 6 heteroatoms. The molecule has 1 heterocycles. The van der Waals surface area contributed by atoms with E-state index in [0.29, 0.717) is 39.3 Å². The lowest BCUT2D eigenvalue weighted by molar-refractivity contribution is -0.132. The summed E-state index contributed by atoms with van der Waals surface area (Å²) < 4.78 is 0. The van der Waals surface area contributed by atoms with E-state index in [1.807, 2.05) is 48.2 Å². The van der Waals surface area contributed by atoms with Crippen LogP contribution in [-0.2, 0) is 9.59 Å². The second kappa shape index (κ2) is 10.6. The SMILES string of the molecule is Cc1ccc(NC(=O)CN2CCN(C(=O)CN[C@@H](C)c3cccc4ccccc34)CC2)cc1. The first-order valence-corrected chi connectivity index (χ1v) is 11.6. The first-order valence-electron chi connectivity index (χ1n) is 11.6. The highest BCUT2D eigenvalue weighted by molar-refractivity contribution is 5.92. The van der Waals surface area contributed by atoms with Crippen molar-refractivity contribution in [1.82, 2.24) is 15.1 Å². The summed E-state index contributed by atoms with van der Waals surface area (Å²) >= 11 is 0. The molecule has 0 aromatic heterocycles. The van der Waals surface area contributed by atoms with E-state index >= 15 is 0 Å².